The topological polar surface area (TPSA) is 70.6 Å². The number of hydrogen-bond donors (Lipinski definition) is 2. The van der Waals surface area contributed by atoms with E-state index in [0.29, 0.717) is 12.5 Å². The van der Waals surface area contributed by atoms with E-state index in [2.05, 4.69) is 15.6 Å². The second-order valence-electron chi connectivity index (χ2n) is 4.68. The van der Waals surface area contributed by atoms with Gasteiger partial charge in [0.25, 0.3) is 0 Å². The molecule has 2 rings (SSSR count). The minimum absolute atomic E-state index is 0.140. The lowest BCUT2D eigenvalue weighted by atomic mass is 10.3. The lowest BCUT2D eigenvalue weighted by Gasteiger charge is -2.11. The van der Waals surface area contributed by atoms with E-state index in [4.69, 9.17) is 0 Å². The summed E-state index contributed by atoms with van der Waals surface area (Å²) in [5, 5.41) is 7.99. The fraction of sp³-hybridized carbons (Fsp3) is 0.267. The van der Waals surface area contributed by atoms with E-state index in [9.17, 15) is 12.8 Å². The van der Waals surface area contributed by atoms with Gasteiger partial charge in [-0.2, -0.15) is 0 Å². The predicted molar refractivity (Wildman–Crippen MR) is 91.0 cm³/mol. The molecular weight excluding hydrogens is 337 g/mol. The van der Waals surface area contributed by atoms with Crippen molar-refractivity contribution in [3.63, 3.8) is 0 Å². The Kier molecular flexibility index (Phi) is 6.12. The number of benzene rings is 1. The summed E-state index contributed by atoms with van der Waals surface area (Å²) >= 11 is 1.62. The first-order valence-corrected chi connectivity index (χ1v) is 9.50. The number of nitrogens with zero attached hydrogens (tertiary/aromatic N) is 1. The third kappa shape index (κ3) is 5.04. The molecule has 0 unspecified atom stereocenters. The molecule has 5 nitrogen and oxygen atoms in total. The zero-order valence-corrected chi connectivity index (χ0v) is 14.3. The lowest BCUT2D eigenvalue weighted by Crippen LogP contribution is -2.39. The molecule has 8 heteroatoms. The van der Waals surface area contributed by atoms with Crippen LogP contribution >= 0.6 is 11.3 Å². The molecule has 0 saturated heterocycles. The standard InChI is InChI=1S/C15H18FN3O2S2/c1-17-15(19-11-12-5-4-9-22-12)18-8-10-23(20,21)14-7-3-2-6-13(14)16/h2-7,9H,8,10-11H2,1H3,(H2,17,18,19). The van der Waals surface area contributed by atoms with E-state index >= 15 is 0 Å². The predicted octanol–water partition coefficient (Wildman–Crippen LogP) is 2.03. The maximum absolute atomic E-state index is 13.6. The molecule has 1 aromatic carbocycles. The van der Waals surface area contributed by atoms with Gasteiger partial charge in [0.15, 0.2) is 15.8 Å². The average molecular weight is 355 g/mol. The van der Waals surface area contributed by atoms with Crippen LogP contribution in [0.15, 0.2) is 51.7 Å². The van der Waals surface area contributed by atoms with Crippen LogP contribution in [0.5, 0.6) is 0 Å². The highest BCUT2D eigenvalue weighted by Crippen LogP contribution is 2.14. The molecule has 124 valence electrons. The highest BCUT2D eigenvalue weighted by Gasteiger charge is 2.18. The summed E-state index contributed by atoms with van der Waals surface area (Å²) in [5.74, 6) is -0.442. The lowest BCUT2D eigenvalue weighted by molar-refractivity contribution is 0.566. The van der Waals surface area contributed by atoms with Gasteiger partial charge in [0.05, 0.1) is 12.3 Å². The Bertz CT molecular complexity index is 759. The largest absolute Gasteiger partial charge is 0.355 e. The number of nitrogens with one attached hydrogen (secondary N) is 2. The minimum atomic E-state index is -3.67. The Balaban J connectivity index is 1.86. The molecule has 23 heavy (non-hydrogen) atoms. The van der Waals surface area contributed by atoms with Crippen molar-refractivity contribution in [2.24, 2.45) is 4.99 Å². The monoisotopic (exact) mass is 355 g/mol. The van der Waals surface area contributed by atoms with E-state index in [1.165, 1.54) is 18.2 Å². The zero-order valence-electron chi connectivity index (χ0n) is 12.6. The van der Waals surface area contributed by atoms with Crippen LogP contribution in [-0.4, -0.2) is 33.7 Å². The molecule has 0 aliphatic carbocycles. The molecule has 2 N–H and O–H groups in total. The highest BCUT2D eigenvalue weighted by atomic mass is 32.2. The molecule has 0 amide bonds. The summed E-state index contributed by atoms with van der Waals surface area (Å²) in [7, 11) is -2.06. The normalized spacial score (nSPS) is 12.2. The Labute approximate surface area is 139 Å². The van der Waals surface area contributed by atoms with Crippen LogP contribution in [0.1, 0.15) is 4.88 Å². The van der Waals surface area contributed by atoms with Crippen molar-refractivity contribution in [1.82, 2.24) is 10.6 Å². The summed E-state index contributed by atoms with van der Waals surface area (Å²) in [6.45, 7) is 0.748. The number of hydrogen-bond acceptors (Lipinski definition) is 4. The van der Waals surface area contributed by atoms with Crippen molar-refractivity contribution in [1.29, 1.82) is 0 Å². The van der Waals surface area contributed by atoms with E-state index in [1.807, 2.05) is 17.5 Å². The van der Waals surface area contributed by atoms with E-state index in [-0.39, 0.29) is 17.2 Å². The first kappa shape index (κ1) is 17.4. The fourth-order valence-corrected chi connectivity index (χ4v) is 3.80. The molecule has 0 saturated carbocycles. The van der Waals surface area contributed by atoms with Gasteiger partial charge in [-0.25, -0.2) is 12.8 Å². The minimum Gasteiger partial charge on any atom is -0.355 e. The average Bonchev–Trinajstić information content (AvgIpc) is 3.04. The Morgan fingerprint density at radius 1 is 1.22 bits per heavy atom. The van der Waals surface area contributed by atoms with Crippen LogP contribution in [-0.2, 0) is 16.4 Å². The summed E-state index contributed by atoms with van der Waals surface area (Å²) in [4.78, 5) is 4.90. The van der Waals surface area contributed by atoms with Gasteiger partial charge in [-0.3, -0.25) is 4.99 Å². The van der Waals surface area contributed by atoms with Crippen LogP contribution in [0.3, 0.4) is 0 Å². The molecule has 1 heterocycles. The van der Waals surface area contributed by atoms with Crippen molar-refractivity contribution in [2.75, 3.05) is 19.3 Å². The van der Waals surface area contributed by atoms with Gasteiger partial charge in [-0.1, -0.05) is 18.2 Å². The molecule has 0 spiro atoms. The quantitative estimate of drug-likeness (QED) is 0.614. The highest BCUT2D eigenvalue weighted by molar-refractivity contribution is 7.91. The Morgan fingerprint density at radius 3 is 2.65 bits per heavy atom. The molecule has 0 aliphatic heterocycles. The maximum Gasteiger partial charge on any atom is 0.191 e. The number of halogens is 1. The molecule has 0 bridgehead atoms. The van der Waals surface area contributed by atoms with Crippen molar-refractivity contribution in [3.05, 3.63) is 52.5 Å². The van der Waals surface area contributed by atoms with E-state index < -0.39 is 15.7 Å². The summed E-state index contributed by atoms with van der Waals surface area (Å²) in [6.07, 6.45) is 0. The summed E-state index contributed by atoms with van der Waals surface area (Å²) < 4.78 is 37.8. The summed E-state index contributed by atoms with van der Waals surface area (Å²) in [5.41, 5.74) is 0. The molecule has 0 fully saturated rings. The second kappa shape index (κ2) is 8.07. The molecular formula is C15H18FN3O2S2. The van der Waals surface area contributed by atoms with Gasteiger partial charge in [0.1, 0.15) is 10.7 Å². The van der Waals surface area contributed by atoms with Crippen LogP contribution in [0, 0.1) is 5.82 Å². The van der Waals surface area contributed by atoms with Gasteiger partial charge < -0.3 is 10.6 Å². The van der Waals surface area contributed by atoms with Gasteiger partial charge in [-0.05, 0) is 23.6 Å². The number of rotatable bonds is 6. The maximum atomic E-state index is 13.6. The van der Waals surface area contributed by atoms with Crippen LogP contribution < -0.4 is 10.6 Å². The van der Waals surface area contributed by atoms with Crippen molar-refractivity contribution in [3.8, 4) is 0 Å². The van der Waals surface area contributed by atoms with Crippen molar-refractivity contribution < 1.29 is 12.8 Å². The molecule has 2 aromatic rings. The van der Waals surface area contributed by atoms with E-state index in [0.717, 1.165) is 10.9 Å². The smallest absolute Gasteiger partial charge is 0.191 e. The first-order chi connectivity index (χ1) is 11.0. The van der Waals surface area contributed by atoms with E-state index in [1.54, 1.807) is 18.4 Å². The number of thiophene rings is 1. The van der Waals surface area contributed by atoms with Gasteiger partial charge in [-0.15, -0.1) is 11.3 Å². The van der Waals surface area contributed by atoms with Crippen molar-refractivity contribution in [2.45, 2.75) is 11.4 Å². The third-order valence-electron chi connectivity index (χ3n) is 3.07. The zero-order chi connectivity index (χ0) is 16.7. The number of sulfone groups is 1. The summed E-state index contributed by atoms with van der Waals surface area (Å²) in [6, 6.07) is 9.33. The van der Waals surface area contributed by atoms with Crippen LogP contribution in [0.4, 0.5) is 4.39 Å². The molecule has 1 aromatic heterocycles. The fourth-order valence-electron chi connectivity index (χ4n) is 1.92. The Hall–Kier alpha value is -1.93. The molecule has 0 radical (unpaired) electrons. The first-order valence-electron chi connectivity index (χ1n) is 6.97. The van der Waals surface area contributed by atoms with Gasteiger partial charge >= 0.3 is 0 Å². The molecule has 0 atom stereocenters. The number of guanidine groups is 1. The third-order valence-corrected chi connectivity index (χ3v) is 5.69. The van der Waals surface area contributed by atoms with Gasteiger partial charge in [0, 0.05) is 18.5 Å². The van der Waals surface area contributed by atoms with Crippen LogP contribution in [0.2, 0.25) is 0 Å². The SMILES string of the molecule is CN=C(NCCS(=O)(=O)c1ccccc1F)NCc1cccs1. The van der Waals surface area contributed by atoms with Crippen LogP contribution in [0.25, 0.3) is 0 Å². The van der Waals surface area contributed by atoms with Gasteiger partial charge in [0.2, 0.25) is 0 Å². The number of aliphatic imine (C=N–C) groups is 1. The van der Waals surface area contributed by atoms with Crippen molar-refractivity contribution >= 4 is 27.1 Å². The Morgan fingerprint density at radius 2 is 2.00 bits per heavy atom. The molecule has 0 aliphatic rings. The second-order valence-corrected chi connectivity index (χ2v) is 7.79.